The molecule has 0 atom stereocenters. The third-order valence-corrected chi connectivity index (χ3v) is 3.43. The van der Waals surface area contributed by atoms with Gasteiger partial charge in [0.1, 0.15) is 0 Å². The summed E-state index contributed by atoms with van der Waals surface area (Å²) in [4.78, 5) is 12.1. The summed E-state index contributed by atoms with van der Waals surface area (Å²) in [6, 6.07) is 4.09. The Balaban J connectivity index is 2.00. The Kier molecular flexibility index (Phi) is 2.65. The molecule has 5 heteroatoms. The molecule has 1 amide bonds. The Bertz CT molecular complexity index is 332. The van der Waals surface area contributed by atoms with Crippen LogP contribution in [0, 0.1) is 0 Å². The predicted molar refractivity (Wildman–Crippen MR) is 56.1 cm³/mol. The van der Waals surface area contributed by atoms with Gasteiger partial charge in [-0.05, 0) is 11.4 Å². The number of rotatable bonds is 2. The molecule has 1 N–H and O–H groups in total. The Labute approximate surface area is 84.2 Å². The maximum Gasteiger partial charge on any atom is 0.250 e. The van der Waals surface area contributed by atoms with Gasteiger partial charge >= 0.3 is 0 Å². The molecular formula is C8H8N2OS2. The molecule has 0 saturated heterocycles. The van der Waals surface area contributed by atoms with Gasteiger partial charge in [0, 0.05) is 11.3 Å². The lowest BCUT2D eigenvalue weighted by Gasteiger charge is -2.09. The van der Waals surface area contributed by atoms with Crippen molar-refractivity contribution in [3.8, 4) is 0 Å². The van der Waals surface area contributed by atoms with Crippen LogP contribution in [0.1, 0.15) is 4.88 Å². The Morgan fingerprint density at radius 1 is 1.62 bits per heavy atom. The first kappa shape index (κ1) is 8.77. The SMILES string of the molecule is O=C1CSC(Cc2cccs2)=NN1. The van der Waals surface area contributed by atoms with Crippen molar-refractivity contribution in [2.45, 2.75) is 6.42 Å². The summed E-state index contributed by atoms with van der Waals surface area (Å²) in [5.74, 6) is 0.476. The third-order valence-electron chi connectivity index (χ3n) is 1.58. The fourth-order valence-electron chi connectivity index (χ4n) is 0.991. The standard InChI is InChI=1S/C8H8N2OS2/c11-7-5-13-8(10-9-7)4-6-2-1-3-12-6/h1-3H,4-5H2,(H,9,11). The van der Waals surface area contributed by atoms with Crippen molar-refractivity contribution in [3.63, 3.8) is 0 Å². The van der Waals surface area contributed by atoms with Crippen molar-refractivity contribution in [3.05, 3.63) is 22.4 Å². The zero-order valence-electron chi connectivity index (χ0n) is 6.82. The topological polar surface area (TPSA) is 41.5 Å². The molecule has 0 saturated carbocycles. The van der Waals surface area contributed by atoms with E-state index >= 15 is 0 Å². The van der Waals surface area contributed by atoms with Crippen LogP contribution >= 0.6 is 23.1 Å². The fourth-order valence-corrected chi connectivity index (χ4v) is 2.52. The van der Waals surface area contributed by atoms with Crippen LogP contribution in [0.5, 0.6) is 0 Å². The summed E-state index contributed by atoms with van der Waals surface area (Å²) in [7, 11) is 0. The second-order valence-electron chi connectivity index (χ2n) is 2.59. The lowest BCUT2D eigenvalue weighted by Crippen LogP contribution is -2.26. The number of carbonyl (C=O) groups excluding carboxylic acids is 1. The molecule has 1 aliphatic heterocycles. The number of amides is 1. The van der Waals surface area contributed by atoms with E-state index < -0.39 is 0 Å². The zero-order chi connectivity index (χ0) is 9.10. The first-order chi connectivity index (χ1) is 6.34. The van der Waals surface area contributed by atoms with Crippen LogP contribution in [0.15, 0.2) is 22.6 Å². The van der Waals surface area contributed by atoms with E-state index in [1.54, 1.807) is 11.3 Å². The minimum absolute atomic E-state index is 0.0140. The number of carbonyl (C=O) groups is 1. The van der Waals surface area contributed by atoms with Crippen LogP contribution in [0.25, 0.3) is 0 Å². The van der Waals surface area contributed by atoms with Gasteiger partial charge in [-0.25, -0.2) is 5.43 Å². The van der Waals surface area contributed by atoms with E-state index in [1.807, 2.05) is 11.4 Å². The Morgan fingerprint density at radius 3 is 3.15 bits per heavy atom. The minimum atomic E-state index is -0.0140. The van der Waals surface area contributed by atoms with E-state index in [4.69, 9.17) is 0 Å². The molecular weight excluding hydrogens is 204 g/mol. The van der Waals surface area contributed by atoms with Crippen molar-refractivity contribution in [2.24, 2.45) is 5.10 Å². The predicted octanol–water partition coefficient (Wildman–Crippen LogP) is 1.47. The monoisotopic (exact) mass is 212 g/mol. The van der Waals surface area contributed by atoms with E-state index in [0.29, 0.717) is 5.75 Å². The smallest absolute Gasteiger partial charge is 0.250 e. The molecule has 0 aliphatic carbocycles. The van der Waals surface area contributed by atoms with Gasteiger partial charge in [-0.2, -0.15) is 5.10 Å². The van der Waals surface area contributed by atoms with Crippen LogP contribution in [0.2, 0.25) is 0 Å². The van der Waals surface area contributed by atoms with Crippen molar-refractivity contribution < 1.29 is 4.79 Å². The fraction of sp³-hybridized carbons (Fsp3) is 0.250. The average Bonchev–Trinajstić information content (AvgIpc) is 2.62. The molecule has 3 nitrogen and oxygen atoms in total. The van der Waals surface area contributed by atoms with E-state index in [-0.39, 0.29) is 5.91 Å². The molecule has 0 spiro atoms. The van der Waals surface area contributed by atoms with Gasteiger partial charge in [0.15, 0.2) is 0 Å². The van der Waals surface area contributed by atoms with Crippen molar-refractivity contribution in [2.75, 3.05) is 5.75 Å². The highest BCUT2D eigenvalue weighted by Crippen LogP contribution is 2.16. The van der Waals surface area contributed by atoms with Crippen LogP contribution in [0.4, 0.5) is 0 Å². The lowest BCUT2D eigenvalue weighted by molar-refractivity contribution is -0.118. The lowest BCUT2D eigenvalue weighted by atomic mass is 10.4. The first-order valence-corrected chi connectivity index (χ1v) is 5.72. The van der Waals surface area contributed by atoms with Crippen LogP contribution in [-0.2, 0) is 11.2 Å². The maximum absolute atomic E-state index is 10.8. The summed E-state index contributed by atoms with van der Waals surface area (Å²) in [5.41, 5.74) is 2.48. The Morgan fingerprint density at radius 2 is 2.54 bits per heavy atom. The molecule has 0 unspecified atom stereocenters. The highest BCUT2D eigenvalue weighted by molar-refractivity contribution is 8.14. The van der Waals surface area contributed by atoms with Gasteiger partial charge in [0.2, 0.25) is 5.91 Å². The van der Waals surface area contributed by atoms with Gasteiger partial charge in [0.25, 0.3) is 0 Å². The number of nitrogens with one attached hydrogen (secondary N) is 1. The molecule has 1 aromatic rings. The molecule has 2 heterocycles. The molecule has 1 aliphatic rings. The number of hydrogen-bond acceptors (Lipinski definition) is 4. The van der Waals surface area contributed by atoms with Crippen molar-refractivity contribution in [1.29, 1.82) is 0 Å². The molecule has 68 valence electrons. The van der Waals surface area contributed by atoms with E-state index in [9.17, 15) is 4.79 Å². The first-order valence-electron chi connectivity index (χ1n) is 3.85. The third kappa shape index (κ3) is 2.32. The molecule has 2 rings (SSSR count). The van der Waals surface area contributed by atoms with Crippen LogP contribution < -0.4 is 5.43 Å². The number of nitrogens with zero attached hydrogens (tertiary/aromatic N) is 1. The van der Waals surface area contributed by atoms with Crippen LogP contribution in [-0.4, -0.2) is 16.7 Å². The molecule has 0 fully saturated rings. The quantitative estimate of drug-likeness (QED) is 0.806. The summed E-state index contributed by atoms with van der Waals surface area (Å²) in [5, 5.41) is 7.00. The number of hydrazone groups is 1. The normalized spacial score (nSPS) is 16.6. The van der Waals surface area contributed by atoms with Crippen LogP contribution in [0.3, 0.4) is 0 Å². The summed E-state index contributed by atoms with van der Waals surface area (Å²) in [6.45, 7) is 0. The second-order valence-corrected chi connectivity index (χ2v) is 4.67. The Hall–Kier alpha value is -0.810. The summed E-state index contributed by atoms with van der Waals surface area (Å²) < 4.78 is 0. The second kappa shape index (κ2) is 3.93. The zero-order valence-corrected chi connectivity index (χ0v) is 8.45. The van der Waals surface area contributed by atoms with Crippen molar-refractivity contribution >= 4 is 34.0 Å². The van der Waals surface area contributed by atoms with Gasteiger partial charge < -0.3 is 0 Å². The minimum Gasteiger partial charge on any atom is -0.272 e. The highest BCUT2D eigenvalue weighted by Gasteiger charge is 2.12. The van der Waals surface area contributed by atoms with E-state index in [2.05, 4.69) is 16.6 Å². The van der Waals surface area contributed by atoms with Gasteiger partial charge in [-0.15, -0.1) is 11.3 Å². The van der Waals surface area contributed by atoms with Gasteiger partial charge in [-0.3, -0.25) is 4.79 Å². The molecule has 0 radical (unpaired) electrons. The number of hydrogen-bond donors (Lipinski definition) is 1. The van der Waals surface area contributed by atoms with Crippen molar-refractivity contribution in [1.82, 2.24) is 5.43 Å². The largest absolute Gasteiger partial charge is 0.272 e. The number of thiophene rings is 1. The molecule has 1 aromatic heterocycles. The van der Waals surface area contributed by atoms with Gasteiger partial charge in [-0.1, -0.05) is 17.8 Å². The summed E-state index contributed by atoms with van der Waals surface area (Å²) >= 11 is 3.22. The molecule has 0 aromatic carbocycles. The van der Waals surface area contributed by atoms with E-state index in [1.165, 1.54) is 16.6 Å². The maximum atomic E-state index is 10.8. The average molecular weight is 212 g/mol. The molecule has 0 bridgehead atoms. The van der Waals surface area contributed by atoms with E-state index in [0.717, 1.165) is 11.5 Å². The molecule has 13 heavy (non-hydrogen) atoms. The van der Waals surface area contributed by atoms with Gasteiger partial charge in [0.05, 0.1) is 10.8 Å². The number of thioether (sulfide) groups is 1. The summed E-state index contributed by atoms with van der Waals surface area (Å²) in [6.07, 6.45) is 0.836. The highest BCUT2D eigenvalue weighted by atomic mass is 32.2.